The number of sulfonamides is 1. The fourth-order valence-corrected chi connectivity index (χ4v) is 6.34. The highest BCUT2D eigenvalue weighted by atomic mass is 32.2. The second-order valence-corrected chi connectivity index (χ2v) is 13.8. The number of hydrogen-bond donors (Lipinski definition) is 4. The molecule has 270 valence electrons. The number of nitrogens with one attached hydrogen (secondary N) is 2. The third-order valence-corrected chi connectivity index (χ3v) is 9.39. The molecular weight excluding hydrogens is 636 g/mol. The number of amides is 1. The van der Waals surface area contributed by atoms with Crippen LogP contribution in [0.5, 0.6) is 5.75 Å². The molecule has 0 saturated heterocycles. The van der Waals surface area contributed by atoms with Gasteiger partial charge in [0.1, 0.15) is 18.4 Å². The number of unbranched alkanes of at least 4 members (excludes halogenated alkanes) is 8. The Morgan fingerprint density at radius 2 is 1.65 bits per heavy atom. The van der Waals surface area contributed by atoms with Crippen molar-refractivity contribution in [1.29, 1.82) is 0 Å². The molecule has 4 N–H and O–H groups in total. The molecule has 0 aliphatic rings. The van der Waals surface area contributed by atoms with E-state index in [1.807, 2.05) is 0 Å². The van der Waals surface area contributed by atoms with Crippen LogP contribution in [0.4, 0.5) is 0 Å². The number of carbonyl (C=O) groups excluding carboxylic acids is 2. The van der Waals surface area contributed by atoms with Crippen molar-refractivity contribution in [3.8, 4) is 17.6 Å². The van der Waals surface area contributed by atoms with Crippen LogP contribution in [0.3, 0.4) is 0 Å². The third kappa shape index (κ3) is 16.6. The number of aliphatic carboxylic acids is 1. The van der Waals surface area contributed by atoms with Crippen molar-refractivity contribution in [1.82, 2.24) is 10.0 Å². The van der Waals surface area contributed by atoms with Crippen molar-refractivity contribution < 1.29 is 42.5 Å². The molecule has 0 unspecified atom stereocenters. The first-order chi connectivity index (χ1) is 22.9. The highest BCUT2D eigenvalue weighted by molar-refractivity contribution is 7.89. The highest BCUT2D eigenvalue weighted by Crippen LogP contribution is 2.27. The van der Waals surface area contributed by atoms with Crippen LogP contribution in [0.1, 0.15) is 103 Å². The number of benzene rings is 1. The molecule has 0 aliphatic heterocycles. The van der Waals surface area contributed by atoms with Crippen LogP contribution in [-0.4, -0.2) is 74.1 Å². The standard InChI is InChI=1S/C36H56N2O9S/c1-5-8-10-11-15-18-27-48(44,45)37-25-17-14-12-13-16-19-31(36(43,24-7-3)35(41)42)33(39)38-32(34(40)46-4)28-29-20-22-30(23-21-29)47-26-9-6-2/h16,19-23,31-32,37,43H,5,7-8,10-15,17-18,24-28H2,1-4H3,(H,38,39)(H,41,42)/b19-16+/t31-,32+,36+/m1/s1. The molecule has 11 nitrogen and oxygen atoms in total. The number of aliphatic hydroxyl groups is 1. The van der Waals surface area contributed by atoms with Gasteiger partial charge in [-0.25, -0.2) is 22.7 Å². The summed E-state index contributed by atoms with van der Waals surface area (Å²) in [5, 5.41) is 23.7. The Morgan fingerprint density at radius 3 is 2.27 bits per heavy atom. The summed E-state index contributed by atoms with van der Waals surface area (Å²) in [6, 6.07) is 5.76. The number of rotatable bonds is 26. The zero-order chi connectivity index (χ0) is 35.8. The molecule has 1 aromatic rings. The number of ether oxygens (including phenoxy) is 2. The molecule has 1 aromatic carbocycles. The number of carboxylic acids is 1. The summed E-state index contributed by atoms with van der Waals surface area (Å²) in [5.41, 5.74) is -1.71. The fourth-order valence-electron chi connectivity index (χ4n) is 5.15. The summed E-state index contributed by atoms with van der Waals surface area (Å²) in [6.07, 6.45) is 11.7. The summed E-state index contributed by atoms with van der Waals surface area (Å²) in [7, 11) is -2.11. The highest BCUT2D eigenvalue weighted by Gasteiger charge is 2.46. The Hall–Kier alpha value is -3.40. The summed E-state index contributed by atoms with van der Waals surface area (Å²) < 4.78 is 37.5. The zero-order valence-electron chi connectivity index (χ0n) is 29.1. The van der Waals surface area contributed by atoms with E-state index in [2.05, 4.69) is 28.8 Å². The maximum Gasteiger partial charge on any atom is 0.336 e. The first kappa shape index (κ1) is 42.6. The van der Waals surface area contributed by atoms with Crippen molar-refractivity contribution in [2.45, 2.75) is 116 Å². The zero-order valence-corrected chi connectivity index (χ0v) is 29.9. The third-order valence-electron chi connectivity index (χ3n) is 7.92. The predicted molar refractivity (Wildman–Crippen MR) is 187 cm³/mol. The van der Waals surface area contributed by atoms with Crippen LogP contribution >= 0.6 is 0 Å². The Labute approximate surface area is 287 Å². The maximum absolute atomic E-state index is 13.5. The second kappa shape index (κ2) is 23.8. The molecule has 0 fully saturated rings. The van der Waals surface area contributed by atoms with E-state index in [1.54, 1.807) is 44.2 Å². The monoisotopic (exact) mass is 692 g/mol. The van der Waals surface area contributed by atoms with Crippen LogP contribution in [0, 0.1) is 17.8 Å². The minimum absolute atomic E-state index is 0.0614. The first-order valence-corrected chi connectivity index (χ1v) is 18.7. The van der Waals surface area contributed by atoms with Gasteiger partial charge in [-0.15, -0.1) is 5.92 Å². The molecule has 12 heteroatoms. The number of methoxy groups -OCH3 is 1. The summed E-state index contributed by atoms with van der Waals surface area (Å²) in [6.45, 7) is 6.12. The van der Waals surface area contributed by atoms with Crippen LogP contribution in [0.15, 0.2) is 36.4 Å². The predicted octanol–water partition coefficient (Wildman–Crippen LogP) is 4.92. The van der Waals surface area contributed by atoms with E-state index in [0.717, 1.165) is 25.7 Å². The second-order valence-electron chi connectivity index (χ2n) is 11.9. The minimum atomic E-state index is -3.30. The summed E-state index contributed by atoms with van der Waals surface area (Å²) in [4.78, 5) is 38.4. The molecule has 48 heavy (non-hydrogen) atoms. The van der Waals surface area contributed by atoms with Crippen LogP contribution in [-0.2, 0) is 35.6 Å². The molecule has 0 spiro atoms. The van der Waals surface area contributed by atoms with E-state index in [9.17, 15) is 33.0 Å². The van der Waals surface area contributed by atoms with Crippen LogP contribution in [0.2, 0.25) is 0 Å². The quantitative estimate of drug-likeness (QED) is 0.0456. The first-order valence-electron chi connectivity index (χ1n) is 17.0. The Bertz CT molecular complexity index is 1300. The maximum atomic E-state index is 13.5. The number of carbonyl (C=O) groups is 3. The Balaban J connectivity index is 2.82. The van der Waals surface area contributed by atoms with Crippen molar-refractivity contribution in [3.63, 3.8) is 0 Å². The fraction of sp³-hybridized carbons (Fsp3) is 0.639. The largest absolute Gasteiger partial charge is 0.481 e. The average molecular weight is 693 g/mol. The van der Waals surface area contributed by atoms with Crippen molar-refractivity contribution in [2.75, 3.05) is 26.0 Å². The van der Waals surface area contributed by atoms with Gasteiger partial charge in [-0.05, 0) is 56.7 Å². The van der Waals surface area contributed by atoms with Crippen LogP contribution in [0.25, 0.3) is 0 Å². The Kier molecular flexibility index (Phi) is 21.2. The van der Waals surface area contributed by atoms with E-state index >= 15 is 0 Å². The lowest BCUT2D eigenvalue weighted by Crippen LogP contribution is -2.54. The lowest BCUT2D eigenvalue weighted by molar-refractivity contribution is -0.167. The number of esters is 1. The lowest BCUT2D eigenvalue weighted by atomic mass is 9.82. The molecule has 0 saturated carbocycles. The molecule has 0 radical (unpaired) electrons. The number of allylic oxidation sites excluding steroid dienone is 1. The molecule has 1 rings (SSSR count). The molecule has 3 atom stereocenters. The van der Waals surface area contributed by atoms with Crippen molar-refractivity contribution in [3.05, 3.63) is 42.0 Å². The molecule has 0 aromatic heterocycles. The van der Waals surface area contributed by atoms with Gasteiger partial charge < -0.3 is 25.0 Å². The normalized spacial score (nSPS) is 13.9. The lowest BCUT2D eigenvalue weighted by Gasteiger charge is -2.30. The van der Waals surface area contributed by atoms with Gasteiger partial charge in [-0.2, -0.15) is 0 Å². The van der Waals surface area contributed by atoms with E-state index in [0.29, 0.717) is 56.4 Å². The van der Waals surface area contributed by atoms with Gasteiger partial charge >= 0.3 is 11.9 Å². The molecule has 0 aliphatic carbocycles. The molecular formula is C36H56N2O9S. The van der Waals surface area contributed by atoms with Gasteiger partial charge in [0.2, 0.25) is 15.9 Å². The van der Waals surface area contributed by atoms with Crippen molar-refractivity contribution in [2.24, 2.45) is 5.92 Å². The van der Waals surface area contributed by atoms with E-state index in [-0.39, 0.29) is 25.2 Å². The average Bonchev–Trinajstić information content (AvgIpc) is 3.05. The van der Waals surface area contributed by atoms with Crippen molar-refractivity contribution >= 4 is 27.9 Å². The molecule has 0 heterocycles. The van der Waals surface area contributed by atoms with E-state index in [4.69, 9.17) is 9.47 Å². The molecule has 1 amide bonds. The van der Waals surface area contributed by atoms with Gasteiger partial charge in [0.15, 0.2) is 5.60 Å². The summed E-state index contributed by atoms with van der Waals surface area (Å²) in [5.74, 6) is 1.69. The van der Waals surface area contributed by atoms with Gasteiger partial charge in [-0.3, -0.25) is 4.79 Å². The minimum Gasteiger partial charge on any atom is -0.481 e. The van der Waals surface area contributed by atoms with Gasteiger partial charge in [-0.1, -0.05) is 89.0 Å². The van der Waals surface area contributed by atoms with Crippen LogP contribution < -0.4 is 14.8 Å². The van der Waals surface area contributed by atoms with Gasteiger partial charge in [0.05, 0.1) is 18.8 Å². The van der Waals surface area contributed by atoms with E-state index in [1.165, 1.54) is 19.6 Å². The molecule has 0 bridgehead atoms. The van der Waals surface area contributed by atoms with Gasteiger partial charge in [0, 0.05) is 13.0 Å². The van der Waals surface area contributed by atoms with Gasteiger partial charge in [0.25, 0.3) is 0 Å². The topological polar surface area (TPSA) is 168 Å². The SMILES string of the molecule is CC#CCOc1ccc(C[C@H](NC(=O)[C@@H](/C=C/CCCCCNS(=O)(=O)CCCCCCCC)[C@@](O)(CCC)C(=O)O)C(=O)OC)cc1. The smallest absolute Gasteiger partial charge is 0.336 e. The number of hydrogen-bond acceptors (Lipinski definition) is 8. The summed E-state index contributed by atoms with van der Waals surface area (Å²) >= 11 is 0. The van der Waals surface area contributed by atoms with E-state index < -0.39 is 45.4 Å². The number of carboxylic acid groups (broad SMARTS) is 1. The Morgan fingerprint density at radius 1 is 0.979 bits per heavy atom.